The van der Waals surface area contributed by atoms with E-state index in [4.69, 9.17) is 4.74 Å². The normalized spacial score (nSPS) is 21.4. The second kappa shape index (κ2) is 15.5. The Morgan fingerprint density at radius 2 is 1.62 bits per heavy atom. The monoisotopic (exact) mass is 474 g/mol. The summed E-state index contributed by atoms with van der Waals surface area (Å²) in [6, 6.07) is 0. The number of carbonyl (C=O) groups excluding carboxylic acids is 2. The Balaban J connectivity index is 2.70. The summed E-state index contributed by atoms with van der Waals surface area (Å²) in [5.74, 6) is -0.472. The Labute approximate surface area is 206 Å². The highest BCUT2D eigenvalue weighted by Gasteiger charge is 2.41. The van der Waals surface area contributed by atoms with Crippen LogP contribution in [-0.4, -0.2) is 43.1 Å². The van der Waals surface area contributed by atoms with Crippen molar-refractivity contribution in [3.63, 3.8) is 0 Å². The first-order chi connectivity index (χ1) is 16.1. The Morgan fingerprint density at radius 1 is 1.00 bits per heavy atom. The van der Waals surface area contributed by atoms with Crippen LogP contribution in [-0.2, 0) is 14.3 Å². The molecule has 0 spiro atoms. The standard InChI is InChI=1S/C28H46N2O4/c1-19(2)11-8-12-20(3)13-9-14-21(4)15-16-24-22(5)26(32)28(34-7)25(27(24)33)30-18-10-17-29-23(6)31/h11,13,15,22,24,27,30,33H,8-10,12,14,16-18H2,1-7H3,(H,29,31)/b20-13+,21-15+/t22-,24-,27-/m0/s1. The fourth-order valence-corrected chi connectivity index (χ4v) is 4.14. The van der Waals surface area contributed by atoms with Crippen LogP contribution in [0.25, 0.3) is 0 Å². The Morgan fingerprint density at radius 3 is 2.21 bits per heavy atom. The van der Waals surface area contributed by atoms with E-state index in [0.717, 1.165) is 25.7 Å². The van der Waals surface area contributed by atoms with Gasteiger partial charge in [0.25, 0.3) is 0 Å². The number of hydrogen-bond acceptors (Lipinski definition) is 5. The Kier molecular flexibility index (Phi) is 13.6. The van der Waals surface area contributed by atoms with Gasteiger partial charge in [-0.05, 0) is 66.2 Å². The molecule has 1 rings (SSSR count). The van der Waals surface area contributed by atoms with Crippen molar-refractivity contribution in [1.29, 1.82) is 0 Å². The minimum Gasteiger partial charge on any atom is -0.491 e. The lowest BCUT2D eigenvalue weighted by Crippen LogP contribution is -2.44. The van der Waals surface area contributed by atoms with Crippen molar-refractivity contribution in [1.82, 2.24) is 10.6 Å². The van der Waals surface area contributed by atoms with Crippen LogP contribution in [0, 0.1) is 11.8 Å². The maximum atomic E-state index is 12.9. The van der Waals surface area contributed by atoms with E-state index >= 15 is 0 Å². The first kappa shape index (κ1) is 29.7. The van der Waals surface area contributed by atoms with E-state index in [1.54, 1.807) is 0 Å². The number of hydrogen-bond donors (Lipinski definition) is 3. The number of carbonyl (C=O) groups is 2. The quantitative estimate of drug-likeness (QED) is 0.244. The zero-order valence-corrected chi connectivity index (χ0v) is 22.3. The number of amides is 1. The van der Waals surface area contributed by atoms with Gasteiger partial charge in [0.15, 0.2) is 5.76 Å². The summed E-state index contributed by atoms with van der Waals surface area (Å²) >= 11 is 0. The molecule has 34 heavy (non-hydrogen) atoms. The van der Waals surface area contributed by atoms with E-state index < -0.39 is 6.10 Å². The van der Waals surface area contributed by atoms with Gasteiger partial charge in [-0.15, -0.1) is 0 Å². The zero-order valence-electron chi connectivity index (χ0n) is 22.3. The molecule has 0 unspecified atom stereocenters. The van der Waals surface area contributed by atoms with E-state index in [0.29, 0.717) is 31.6 Å². The minimum atomic E-state index is -0.801. The lowest BCUT2D eigenvalue weighted by atomic mass is 9.76. The van der Waals surface area contributed by atoms with Gasteiger partial charge in [-0.25, -0.2) is 0 Å². The first-order valence-corrected chi connectivity index (χ1v) is 12.5. The van der Waals surface area contributed by atoms with Gasteiger partial charge in [-0.2, -0.15) is 0 Å². The van der Waals surface area contributed by atoms with Gasteiger partial charge >= 0.3 is 0 Å². The molecule has 6 nitrogen and oxygen atoms in total. The fraction of sp³-hybridized carbons (Fsp3) is 0.643. The van der Waals surface area contributed by atoms with Gasteiger partial charge in [-0.3, -0.25) is 9.59 Å². The van der Waals surface area contributed by atoms with Crippen LogP contribution in [0.1, 0.15) is 80.1 Å². The topological polar surface area (TPSA) is 87.7 Å². The lowest BCUT2D eigenvalue weighted by molar-refractivity contribution is -0.126. The fourth-order valence-electron chi connectivity index (χ4n) is 4.14. The molecule has 3 N–H and O–H groups in total. The van der Waals surface area contributed by atoms with Crippen LogP contribution in [0.5, 0.6) is 0 Å². The highest BCUT2D eigenvalue weighted by atomic mass is 16.5. The van der Waals surface area contributed by atoms with Gasteiger partial charge in [0.2, 0.25) is 11.7 Å². The summed E-state index contributed by atoms with van der Waals surface area (Å²) in [6.45, 7) is 13.0. The summed E-state index contributed by atoms with van der Waals surface area (Å²) in [4.78, 5) is 23.9. The maximum absolute atomic E-state index is 12.9. The number of Topliss-reactive ketones (excluding diaryl/α,β-unsaturated/α-hetero) is 1. The van der Waals surface area contributed by atoms with E-state index in [1.165, 1.54) is 30.8 Å². The molecule has 0 radical (unpaired) electrons. The predicted octanol–water partition coefficient (Wildman–Crippen LogP) is 4.97. The average molecular weight is 475 g/mol. The molecule has 1 aliphatic carbocycles. The van der Waals surface area contributed by atoms with Gasteiger partial charge in [0.1, 0.15) is 6.10 Å². The first-order valence-electron chi connectivity index (χ1n) is 12.5. The third-order valence-electron chi connectivity index (χ3n) is 6.33. The molecule has 0 aromatic heterocycles. The molecule has 0 aliphatic heterocycles. The number of aliphatic hydroxyl groups is 1. The molecule has 0 aromatic rings. The molecule has 192 valence electrons. The zero-order chi connectivity index (χ0) is 25.7. The number of ketones is 1. The van der Waals surface area contributed by atoms with Gasteiger partial charge in [0.05, 0.1) is 12.8 Å². The van der Waals surface area contributed by atoms with Gasteiger partial charge in [-0.1, -0.05) is 41.9 Å². The predicted molar refractivity (Wildman–Crippen MR) is 139 cm³/mol. The van der Waals surface area contributed by atoms with Crippen LogP contribution in [0.3, 0.4) is 0 Å². The van der Waals surface area contributed by atoms with Crippen molar-refractivity contribution < 1.29 is 19.4 Å². The highest BCUT2D eigenvalue weighted by Crippen LogP contribution is 2.34. The number of rotatable bonds is 14. The van der Waals surface area contributed by atoms with Crippen molar-refractivity contribution in [2.24, 2.45) is 11.8 Å². The summed E-state index contributed by atoms with van der Waals surface area (Å²) in [5.41, 5.74) is 4.50. The van der Waals surface area contributed by atoms with E-state index in [2.05, 4.69) is 56.6 Å². The molecule has 1 aliphatic rings. The van der Waals surface area contributed by atoms with E-state index in [-0.39, 0.29) is 29.3 Å². The van der Waals surface area contributed by atoms with E-state index in [1.807, 2.05) is 6.92 Å². The number of methoxy groups -OCH3 is 1. The number of allylic oxidation sites excluding steroid dienone is 7. The third-order valence-corrected chi connectivity index (χ3v) is 6.33. The van der Waals surface area contributed by atoms with Crippen LogP contribution < -0.4 is 10.6 Å². The van der Waals surface area contributed by atoms with Crippen LogP contribution in [0.2, 0.25) is 0 Å². The maximum Gasteiger partial charge on any atom is 0.216 e. The van der Waals surface area contributed by atoms with E-state index in [9.17, 15) is 14.7 Å². The molecule has 3 atom stereocenters. The lowest BCUT2D eigenvalue weighted by Gasteiger charge is -2.35. The number of ether oxygens (including phenoxy) is 1. The molecular weight excluding hydrogens is 428 g/mol. The minimum absolute atomic E-state index is 0.0740. The third kappa shape index (κ3) is 10.3. The van der Waals surface area contributed by atoms with Crippen LogP contribution in [0.15, 0.2) is 46.4 Å². The molecular formula is C28H46N2O4. The average Bonchev–Trinajstić information content (AvgIpc) is 2.76. The van der Waals surface area contributed by atoms with Crippen LogP contribution >= 0.6 is 0 Å². The molecule has 0 bridgehead atoms. The number of aliphatic hydroxyl groups excluding tert-OH is 1. The Hall–Kier alpha value is -2.34. The summed E-state index contributed by atoms with van der Waals surface area (Å²) < 4.78 is 5.35. The largest absolute Gasteiger partial charge is 0.491 e. The summed E-state index contributed by atoms with van der Waals surface area (Å²) in [6.07, 6.45) is 11.4. The van der Waals surface area contributed by atoms with Crippen molar-refractivity contribution >= 4 is 11.7 Å². The van der Waals surface area contributed by atoms with Gasteiger partial charge < -0.3 is 20.5 Å². The second-order valence-corrected chi connectivity index (χ2v) is 9.67. The summed E-state index contributed by atoms with van der Waals surface area (Å²) in [5, 5.41) is 17.0. The molecule has 0 aromatic carbocycles. The highest BCUT2D eigenvalue weighted by molar-refractivity contribution is 5.97. The molecule has 1 amide bonds. The SMILES string of the molecule is COC1=C(NCCCNC(C)=O)[C@@H](O)[C@@H](C/C=C(\C)CC/C=C(\C)CCC=C(C)C)[C@H](C)C1=O. The molecule has 0 saturated carbocycles. The molecule has 6 heteroatoms. The molecule has 0 saturated heterocycles. The number of nitrogens with one attached hydrogen (secondary N) is 2. The van der Waals surface area contributed by atoms with Crippen molar-refractivity contribution in [3.8, 4) is 0 Å². The molecule has 0 heterocycles. The summed E-state index contributed by atoms with van der Waals surface area (Å²) in [7, 11) is 1.46. The molecule has 0 fully saturated rings. The van der Waals surface area contributed by atoms with Crippen molar-refractivity contribution in [2.75, 3.05) is 20.2 Å². The van der Waals surface area contributed by atoms with Gasteiger partial charge in [0, 0.05) is 31.8 Å². The Bertz CT molecular complexity index is 803. The van der Waals surface area contributed by atoms with Crippen LogP contribution in [0.4, 0.5) is 0 Å². The van der Waals surface area contributed by atoms with Crippen molar-refractivity contribution in [3.05, 3.63) is 46.4 Å². The van der Waals surface area contributed by atoms with Crippen molar-refractivity contribution in [2.45, 2.75) is 86.2 Å². The smallest absolute Gasteiger partial charge is 0.216 e. The second-order valence-electron chi connectivity index (χ2n) is 9.67.